The second kappa shape index (κ2) is 6.29. The van der Waals surface area contributed by atoms with Crippen molar-refractivity contribution in [2.45, 2.75) is 20.3 Å². The summed E-state index contributed by atoms with van der Waals surface area (Å²) in [5.74, 6) is 0.451. The van der Waals surface area contributed by atoms with Gasteiger partial charge in [-0.15, -0.1) is 0 Å². The van der Waals surface area contributed by atoms with Crippen molar-refractivity contribution in [2.75, 3.05) is 10.6 Å². The van der Waals surface area contributed by atoms with Gasteiger partial charge in [0.15, 0.2) is 16.6 Å². The first-order chi connectivity index (χ1) is 11.1. The van der Waals surface area contributed by atoms with Gasteiger partial charge in [0.2, 0.25) is 0 Å². The van der Waals surface area contributed by atoms with Crippen LogP contribution < -0.4 is 10.6 Å². The van der Waals surface area contributed by atoms with Gasteiger partial charge in [-0.1, -0.05) is 24.8 Å². The second-order valence-corrected chi connectivity index (χ2v) is 6.08. The zero-order valence-corrected chi connectivity index (χ0v) is 13.7. The lowest BCUT2D eigenvalue weighted by Gasteiger charge is -2.08. The molecule has 2 aromatic heterocycles. The summed E-state index contributed by atoms with van der Waals surface area (Å²) in [5.41, 5.74) is 2.85. The van der Waals surface area contributed by atoms with Gasteiger partial charge in [0, 0.05) is 11.4 Å². The van der Waals surface area contributed by atoms with Gasteiger partial charge < -0.3 is 10.6 Å². The van der Waals surface area contributed by atoms with Gasteiger partial charge in [-0.05, 0) is 37.1 Å². The Balaban J connectivity index is 1.96. The molecule has 0 radical (unpaired) electrons. The molecule has 5 nitrogen and oxygen atoms in total. The summed E-state index contributed by atoms with van der Waals surface area (Å²) in [6, 6.07) is 4.94. The van der Waals surface area contributed by atoms with E-state index in [-0.39, 0.29) is 5.82 Å². The maximum atomic E-state index is 13.6. The number of benzene rings is 1. The Kier molecular flexibility index (Phi) is 4.20. The van der Waals surface area contributed by atoms with Crippen LogP contribution in [-0.4, -0.2) is 15.0 Å². The lowest BCUT2D eigenvalue weighted by Crippen LogP contribution is -1.97. The van der Waals surface area contributed by atoms with Gasteiger partial charge in [-0.3, -0.25) is 0 Å². The SMILES string of the molecule is C=C(C)Nc1nc2ncnc(Nc3ccc(F)c(CC)c3)c2s1. The van der Waals surface area contributed by atoms with E-state index in [1.165, 1.54) is 23.7 Å². The van der Waals surface area contributed by atoms with Gasteiger partial charge in [0.25, 0.3) is 0 Å². The molecule has 3 aromatic rings. The Labute approximate surface area is 137 Å². The van der Waals surface area contributed by atoms with Crippen molar-refractivity contribution in [1.82, 2.24) is 15.0 Å². The average Bonchev–Trinajstić information content (AvgIpc) is 2.91. The first-order valence-electron chi connectivity index (χ1n) is 7.16. The Morgan fingerprint density at radius 3 is 2.91 bits per heavy atom. The Bertz CT molecular complexity index is 874. The van der Waals surface area contributed by atoms with Crippen LogP contribution in [-0.2, 0) is 6.42 Å². The highest BCUT2D eigenvalue weighted by atomic mass is 32.1. The largest absolute Gasteiger partial charge is 0.339 e. The zero-order valence-electron chi connectivity index (χ0n) is 12.9. The molecule has 3 rings (SSSR count). The van der Waals surface area contributed by atoms with E-state index >= 15 is 0 Å². The fourth-order valence-electron chi connectivity index (χ4n) is 2.14. The predicted octanol–water partition coefficient (Wildman–Crippen LogP) is 4.48. The molecule has 0 amide bonds. The molecular formula is C16H16FN5S. The highest BCUT2D eigenvalue weighted by molar-refractivity contribution is 7.22. The maximum absolute atomic E-state index is 13.6. The van der Waals surface area contributed by atoms with E-state index in [1.807, 2.05) is 13.8 Å². The first kappa shape index (κ1) is 15.4. The number of aryl methyl sites for hydroxylation is 1. The van der Waals surface area contributed by atoms with E-state index in [0.717, 1.165) is 16.1 Å². The van der Waals surface area contributed by atoms with Crippen molar-refractivity contribution in [2.24, 2.45) is 0 Å². The average molecular weight is 329 g/mol. The van der Waals surface area contributed by atoms with Crippen molar-refractivity contribution >= 4 is 38.3 Å². The van der Waals surface area contributed by atoms with Crippen molar-refractivity contribution in [3.05, 3.63) is 48.2 Å². The Morgan fingerprint density at radius 2 is 2.17 bits per heavy atom. The topological polar surface area (TPSA) is 62.7 Å². The van der Waals surface area contributed by atoms with E-state index in [2.05, 4.69) is 32.2 Å². The van der Waals surface area contributed by atoms with Gasteiger partial charge in [0.1, 0.15) is 16.8 Å². The summed E-state index contributed by atoms with van der Waals surface area (Å²) in [6.07, 6.45) is 2.09. The molecule has 0 bridgehead atoms. The van der Waals surface area contributed by atoms with Gasteiger partial charge >= 0.3 is 0 Å². The molecule has 0 saturated carbocycles. The summed E-state index contributed by atoms with van der Waals surface area (Å²) in [4.78, 5) is 12.9. The third kappa shape index (κ3) is 3.29. The summed E-state index contributed by atoms with van der Waals surface area (Å²) >= 11 is 1.44. The van der Waals surface area contributed by atoms with Crippen LogP contribution in [0.1, 0.15) is 19.4 Å². The number of fused-ring (bicyclic) bond motifs is 1. The molecule has 0 unspecified atom stereocenters. The van der Waals surface area contributed by atoms with E-state index in [4.69, 9.17) is 0 Å². The Morgan fingerprint density at radius 1 is 1.35 bits per heavy atom. The van der Waals surface area contributed by atoms with E-state index in [1.54, 1.807) is 12.1 Å². The normalized spacial score (nSPS) is 10.7. The first-order valence-corrected chi connectivity index (χ1v) is 7.98. The quantitative estimate of drug-likeness (QED) is 0.723. The van der Waals surface area contributed by atoms with Crippen molar-refractivity contribution in [3.8, 4) is 0 Å². The number of halogens is 1. The van der Waals surface area contributed by atoms with Crippen LogP contribution in [0.25, 0.3) is 10.3 Å². The summed E-state index contributed by atoms with van der Waals surface area (Å²) in [7, 11) is 0. The lowest BCUT2D eigenvalue weighted by molar-refractivity contribution is 0.612. The summed E-state index contributed by atoms with van der Waals surface area (Å²) in [6.45, 7) is 7.59. The van der Waals surface area contributed by atoms with Crippen LogP contribution in [0.15, 0.2) is 36.8 Å². The fraction of sp³-hybridized carbons (Fsp3) is 0.188. The molecule has 2 heterocycles. The lowest BCUT2D eigenvalue weighted by atomic mass is 10.1. The predicted molar refractivity (Wildman–Crippen MR) is 92.7 cm³/mol. The number of aromatic nitrogens is 3. The molecule has 2 N–H and O–H groups in total. The van der Waals surface area contributed by atoms with Gasteiger partial charge in [0.05, 0.1) is 0 Å². The molecule has 23 heavy (non-hydrogen) atoms. The molecule has 0 atom stereocenters. The molecule has 0 aliphatic carbocycles. The molecule has 7 heteroatoms. The second-order valence-electron chi connectivity index (χ2n) is 5.08. The maximum Gasteiger partial charge on any atom is 0.189 e. The van der Waals surface area contributed by atoms with E-state index < -0.39 is 0 Å². The zero-order chi connectivity index (χ0) is 16.4. The monoisotopic (exact) mass is 329 g/mol. The molecule has 0 saturated heterocycles. The number of thiazole rings is 1. The summed E-state index contributed by atoms with van der Waals surface area (Å²) in [5, 5.41) is 7.01. The van der Waals surface area contributed by atoms with Crippen LogP contribution in [0.4, 0.5) is 21.0 Å². The smallest absolute Gasteiger partial charge is 0.189 e. The molecular weight excluding hydrogens is 313 g/mol. The molecule has 1 aromatic carbocycles. The van der Waals surface area contributed by atoms with Crippen LogP contribution in [0.2, 0.25) is 0 Å². The van der Waals surface area contributed by atoms with Crippen LogP contribution in [0.5, 0.6) is 0 Å². The molecule has 118 valence electrons. The van der Waals surface area contributed by atoms with Gasteiger partial charge in [-0.2, -0.15) is 4.98 Å². The third-order valence-electron chi connectivity index (χ3n) is 3.20. The van der Waals surface area contributed by atoms with E-state index in [9.17, 15) is 4.39 Å². The number of allylic oxidation sites excluding steroid dienone is 1. The Hall–Kier alpha value is -2.54. The standard InChI is InChI=1S/C16H16FN5S/c1-4-10-7-11(5-6-12(10)17)21-14-13-15(19-8-18-14)22-16(23-13)20-9(2)3/h5-8H,2,4H2,1,3H3,(H2,18,19,20,21,22). The minimum Gasteiger partial charge on any atom is -0.339 e. The highest BCUT2D eigenvalue weighted by Gasteiger charge is 2.11. The number of nitrogens with zero attached hydrogens (tertiary/aromatic N) is 3. The number of rotatable bonds is 5. The minimum absolute atomic E-state index is 0.198. The number of hydrogen-bond donors (Lipinski definition) is 2. The van der Waals surface area contributed by atoms with Crippen molar-refractivity contribution < 1.29 is 4.39 Å². The van der Waals surface area contributed by atoms with Crippen LogP contribution in [0, 0.1) is 5.82 Å². The molecule has 0 fully saturated rings. The molecule has 0 aliphatic heterocycles. The van der Waals surface area contributed by atoms with Crippen LogP contribution >= 0.6 is 11.3 Å². The van der Waals surface area contributed by atoms with Crippen molar-refractivity contribution in [1.29, 1.82) is 0 Å². The third-order valence-corrected chi connectivity index (χ3v) is 4.17. The number of hydrogen-bond acceptors (Lipinski definition) is 6. The number of anilines is 3. The number of nitrogens with one attached hydrogen (secondary N) is 2. The minimum atomic E-state index is -0.198. The van der Waals surface area contributed by atoms with Crippen LogP contribution in [0.3, 0.4) is 0 Å². The van der Waals surface area contributed by atoms with Crippen molar-refractivity contribution in [3.63, 3.8) is 0 Å². The fourth-order valence-corrected chi connectivity index (χ4v) is 3.08. The van der Waals surface area contributed by atoms with E-state index in [0.29, 0.717) is 28.6 Å². The molecule has 0 aliphatic rings. The summed E-state index contributed by atoms with van der Waals surface area (Å²) < 4.78 is 14.4. The molecule has 0 spiro atoms. The van der Waals surface area contributed by atoms with Gasteiger partial charge in [-0.25, -0.2) is 14.4 Å². The highest BCUT2D eigenvalue weighted by Crippen LogP contribution is 2.31.